The Morgan fingerprint density at radius 1 is 1.52 bits per heavy atom. The summed E-state index contributed by atoms with van der Waals surface area (Å²) in [6.07, 6.45) is 0.811. The van der Waals surface area contributed by atoms with Crippen molar-refractivity contribution in [3.63, 3.8) is 0 Å². The molecule has 0 radical (unpaired) electrons. The maximum atomic E-state index is 11.6. The van der Waals surface area contributed by atoms with E-state index in [9.17, 15) is 14.9 Å². The molecule has 0 fully saturated rings. The molecule has 2 aromatic rings. The van der Waals surface area contributed by atoms with E-state index in [2.05, 4.69) is 10.2 Å². The summed E-state index contributed by atoms with van der Waals surface area (Å²) in [6, 6.07) is 4.68. The van der Waals surface area contributed by atoms with Gasteiger partial charge in [-0.1, -0.05) is 30.8 Å². The van der Waals surface area contributed by atoms with E-state index in [4.69, 9.17) is 5.73 Å². The fourth-order valence-corrected chi connectivity index (χ4v) is 2.84. The lowest BCUT2D eigenvalue weighted by Gasteiger charge is -2.06. The van der Waals surface area contributed by atoms with Crippen LogP contribution >= 0.6 is 11.8 Å². The van der Waals surface area contributed by atoms with Crippen molar-refractivity contribution in [2.24, 2.45) is 0 Å². The van der Waals surface area contributed by atoms with E-state index in [0.29, 0.717) is 23.0 Å². The Kier molecular flexibility index (Phi) is 4.63. The van der Waals surface area contributed by atoms with Crippen molar-refractivity contribution in [3.05, 3.63) is 44.4 Å². The lowest BCUT2D eigenvalue weighted by atomic mass is 10.2. The summed E-state index contributed by atoms with van der Waals surface area (Å²) in [5, 5.41) is 17.7. The van der Waals surface area contributed by atoms with Crippen LogP contribution in [0.4, 0.5) is 11.4 Å². The topological polar surface area (TPSA) is 120 Å². The minimum Gasteiger partial charge on any atom is -0.393 e. The molecule has 0 bridgehead atoms. The van der Waals surface area contributed by atoms with Crippen LogP contribution in [-0.2, 0) is 12.3 Å². The zero-order valence-corrected chi connectivity index (χ0v) is 12.2. The molecule has 0 aliphatic rings. The molecule has 0 amide bonds. The van der Waals surface area contributed by atoms with Crippen LogP contribution in [0.3, 0.4) is 0 Å². The number of nitrogen functional groups attached to an aromatic ring is 1. The number of nitrogens with one attached hydrogen (secondary N) is 1. The molecular formula is C12H15N5O3S. The molecule has 8 nitrogen and oxygen atoms in total. The summed E-state index contributed by atoms with van der Waals surface area (Å²) < 4.78 is 1.54. The molecule has 112 valence electrons. The summed E-state index contributed by atoms with van der Waals surface area (Å²) in [7, 11) is 0. The number of nitro groups is 1. The Bertz CT molecular complexity index is 709. The Morgan fingerprint density at radius 2 is 2.29 bits per heavy atom. The maximum absolute atomic E-state index is 11.6. The molecule has 21 heavy (non-hydrogen) atoms. The normalized spacial score (nSPS) is 10.7. The third kappa shape index (κ3) is 3.24. The van der Waals surface area contributed by atoms with E-state index < -0.39 is 4.92 Å². The Balaban J connectivity index is 2.19. The number of nitro benzene ring substituents is 1. The van der Waals surface area contributed by atoms with Crippen molar-refractivity contribution < 1.29 is 4.92 Å². The second-order valence-electron chi connectivity index (χ2n) is 4.36. The van der Waals surface area contributed by atoms with Crippen LogP contribution in [0.2, 0.25) is 0 Å². The number of aromatic nitrogens is 3. The van der Waals surface area contributed by atoms with Crippen molar-refractivity contribution in [1.82, 2.24) is 14.8 Å². The molecule has 1 aromatic carbocycles. The first-order valence-electron chi connectivity index (χ1n) is 6.34. The zero-order chi connectivity index (χ0) is 15.4. The smallest absolute Gasteiger partial charge is 0.343 e. The summed E-state index contributed by atoms with van der Waals surface area (Å²) in [5.41, 5.74) is 6.22. The number of nitrogens with zero attached hydrogens (tertiary/aromatic N) is 3. The van der Waals surface area contributed by atoms with Gasteiger partial charge in [-0.3, -0.25) is 14.7 Å². The molecule has 0 aliphatic heterocycles. The fraction of sp³-hybridized carbons (Fsp3) is 0.333. The predicted molar refractivity (Wildman–Crippen MR) is 80.2 cm³/mol. The lowest BCUT2D eigenvalue weighted by molar-refractivity contribution is -0.383. The van der Waals surface area contributed by atoms with E-state index in [0.717, 1.165) is 6.42 Å². The van der Waals surface area contributed by atoms with Crippen LogP contribution in [0.1, 0.15) is 18.9 Å². The molecule has 0 saturated carbocycles. The highest BCUT2D eigenvalue weighted by molar-refractivity contribution is 7.98. The van der Waals surface area contributed by atoms with Gasteiger partial charge in [-0.05, 0) is 12.0 Å². The van der Waals surface area contributed by atoms with Crippen molar-refractivity contribution >= 4 is 23.1 Å². The van der Waals surface area contributed by atoms with E-state index in [1.807, 2.05) is 6.92 Å². The number of hydrogen-bond donors (Lipinski definition) is 2. The molecule has 0 atom stereocenters. The van der Waals surface area contributed by atoms with Gasteiger partial charge in [0.15, 0.2) is 5.16 Å². The number of anilines is 1. The summed E-state index contributed by atoms with van der Waals surface area (Å²) in [6.45, 7) is 2.54. The van der Waals surface area contributed by atoms with Crippen molar-refractivity contribution in [3.8, 4) is 0 Å². The van der Waals surface area contributed by atoms with Crippen LogP contribution in [0, 0.1) is 10.1 Å². The SMILES string of the molecule is CCCn1c(SCc2cccc([N+](=O)[O-])c2N)n[nH]c1=O. The average molecular weight is 309 g/mol. The van der Waals surface area contributed by atoms with Crippen LogP contribution < -0.4 is 11.4 Å². The quantitative estimate of drug-likeness (QED) is 0.363. The first-order chi connectivity index (χ1) is 10.0. The maximum Gasteiger partial charge on any atom is 0.343 e. The second-order valence-corrected chi connectivity index (χ2v) is 5.30. The Morgan fingerprint density at radius 3 is 2.95 bits per heavy atom. The molecule has 3 N–H and O–H groups in total. The number of H-pyrrole nitrogens is 1. The zero-order valence-electron chi connectivity index (χ0n) is 11.4. The van der Waals surface area contributed by atoms with E-state index >= 15 is 0 Å². The summed E-state index contributed by atoms with van der Waals surface area (Å²) in [4.78, 5) is 21.9. The molecule has 1 aromatic heterocycles. The molecule has 9 heteroatoms. The molecule has 0 aliphatic carbocycles. The number of aromatic amines is 1. The molecule has 1 heterocycles. The number of benzene rings is 1. The van der Waals surface area contributed by atoms with Gasteiger partial charge >= 0.3 is 5.69 Å². The first kappa shape index (κ1) is 15.1. The monoisotopic (exact) mass is 309 g/mol. The van der Waals surface area contributed by atoms with Gasteiger partial charge in [0.1, 0.15) is 5.69 Å². The highest BCUT2D eigenvalue weighted by Crippen LogP contribution is 2.29. The summed E-state index contributed by atoms with van der Waals surface area (Å²) >= 11 is 1.31. The summed E-state index contributed by atoms with van der Waals surface area (Å²) in [5.74, 6) is 0.404. The number of hydrogen-bond acceptors (Lipinski definition) is 6. The molecule has 0 saturated heterocycles. The molecular weight excluding hydrogens is 294 g/mol. The molecule has 0 unspecified atom stereocenters. The van der Waals surface area contributed by atoms with Gasteiger partial charge in [-0.2, -0.15) is 0 Å². The Labute approximate surface area is 124 Å². The number of nitrogens with two attached hydrogens (primary N) is 1. The average Bonchev–Trinajstić information content (AvgIpc) is 2.79. The minimum absolute atomic E-state index is 0.110. The third-order valence-corrected chi connectivity index (χ3v) is 3.92. The van der Waals surface area contributed by atoms with E-state index in [1.54, 1.807) is 12.1 Å². The Hall–Kier alpha value is -2.29. The highest BCUT2D eigenvalue weighted by Gasteiger charge is 2.15. The largest absolute Gasteiger partial charge is 0.393 e. The van der Waals surface area contributed by atoms with E-state index in [1.165, 1.54) is 22.4 Å². The highest BCUT2D eigenvalue weighted by atomic mass is 32.2. The van der Waals surface area contributed by atoms with Crippen molar-refractivity contribution in [2.45, 2.75) is 30.8 Å². The van der Waals surface area contributed by atoms with Crippen molar-refractivity contribution in [1.29, 1.82) is 0 Å². The molecule has 2 rings (SSSR count). The van der Waals surface area contributed by atoms with Gasteiger partial charge in [0, 0.05) is 18.4 Å². The van der Waals surface area contributed by atoms with E-state index in [-0.39, 0.29) is 17.1 Å². The second kappa shape index (κ2) is 6.44. The standard InChI is InChI=1S/C12H15N5O3S/c1-2-6-16-11(18)14-15-12(16)21-7-8-4-3-5-9(10(8)13)17(19)20/h3-5H,2,6-7,13H2,1H3,(H,14,18). The van der Waals surface area contributed by atoms with Crippen molar-refractivity contribution in [2.75, 3.05) is 5.73 Å². The van der Waals surface area contributed by atoms with Gasteiger partial charge in [0.25, 0.3) is 5.69 Å². The van der Waals surface area contributed by atoms with Gasteiger partial charge in [0.05, 0.1) is 4.92 Å². The van der Waals surface area contributed by atoms with Crippen LogP contribution in [0.25, 0.3) is 0 Å². The van der Waals surface area contributed by atoms with Gasteiger partial charge in [-0.15, -0.1) is 5.10 Å². The van der Waals surface area contributed by atoms with Gasteiger partial charge in [0.2, 0.25) is 0 Å². The van der Waals surface area contributed by atoms with Gasteiger partial charge < -0.3 is 5.73 Å². The minimum atomic E-state index is -0.509. The van der Waals surface area contributed by atoms with Crippen LogP contribution in [0.5, 0.6) is 0 Å². The molecule has 0 spiro atoms. The number of para-hydroxylation sites is 1. The predicted octanol–water partition coefficient (Wildman–Crippen LogP) is 1.76. The number of thioether (sulfide) groups is 1. The van der Waals surface area contributed by atoms with Crippen LogP contribution in [0.15, 0.2) is 28.2 Å². The number of rotatable bonds is 6. The van der Waals surface area contributed by atoms with Gasteiger partial charge in [-0.25, -0.2) is 9.89 Å². The fourth-order valence-electron chi connectivity index (χ4n) is 1.86. The third-order valence-electron chi connectivity index (χ3n) is 2.90. The lowest BCUT2D eigenvalue weighted by Crippen LogP contribution is -2.17. The van der Waals surface area contributed by atoms with Crippen LogP contribution in [-0.4, -0.2) is 19.7 Å². The first-order valence-corrected chi connectivity index (χ1v) is 7.33.